The minimum atomic E-state index is -0.423. The first-order valence-corrected chi connectivity index (χ1v) is 5.82. The van der Waals surface area contributed by atoms with Crippen LogP contribution in [0.2, 0.25) is 0 Å². The van der Waals surface area contributed by atoms with Crippen LogP contribution in [-0.4, -0.2) is 22.6 Å². The summed E-state index contributed by atoms with van der Waals surface area (Å²) in [4.78, 5) is 1.04. The van der Waals surface area contributed by atoms with Crippen molar-refractivity contribution in [2.75, 3.05) is 6.26 Å². The smallest absolute Gasteiger partial charge is 0.122 e. The summed E-state index contributed by atoms with van der Waals surface area (Å²) in [6.45, 7) is 3.59. The number of aliphatic hydroxyl groups excluding tert-OH is 1. The van der Waals surface area contributed by atoms with E-state index < -0.39 is 6.10 Å². The first-order valence-electron chi connectivity index (χ1n) is 4.59. The Kier molecular flexibility index (Phi) is 3.84. The van der Waals surface area contributed by atoms with Crippen molar-refractivity contribution in [1.29, 1.82) is 0 Å². The van der Waals surface area contributed by atoms with E-state index in [1.165, 1.54) is 0 Å². The molecule has 1 atom stereocenters. The van der Waals surface area contributed by atoms with Gasteiger partial charge in [-0.2, -0.15) is 0 Å². The molecule has 0 saturated heterocycles. The second kappa shape index (κ2) is 4.71. The van der Waals surface area contributed by atoms with Gasteiger partial charge in [-0.1, -0.05) is 6.07 Å². The SMILES string of the molecule is CSc1ccc(C)c(O)c1CC(C)O. The fourth-order valence-corrected chi connectivity index (χ4v) is 2.05. The van der Waals surface area contributed by atoms with Gasteiger partial charge in [0.2, 0.25) is 0 Å². The predicted molar refractivity (Wildman–Crippen MR) is 60.0 cm³/mol. The number of thioether (sulfide) groups is 1. The molecule has 0 radical (unpaired) electrons. The second-order valence-electron chi connectivity index (χ2n) is 3.47. The number of hydrogen-bond donors (Lipinski definition) is 2. The van der Waals surface area contributed by atoms with Crippen LogP contribution in [0.5, 0.6) is 5.75 Å². The first-order chi connectivity index (χ1) is 6.56. The average Bonchev–Trinajstić information content (AvgIpc) is 2.13. The Morgan fingerprint density at radius 3 is 2.57 bits per heavy atom. The van der Waals surface area contributed by atoms with E-state index in [1.54, 1.807) is 18.7 Å². The molecule has 1 aromatic rings. The monoisotopic (exact) mass is 212 g/mol. The Labute approximate surface area is 89.0 Å². The molecule has 1 unspecified atom stereocenters. The third kappa shape index (κ3) is 2.42. The van der Waals surface area contributed by atoms with Crippen molar-refractivity contribution in [3.05, 3.63) is 23.3 Å². The van der Waals surface area contributed by atoms with Gasteiger partial charge in [0.1, 0.15) is 5.75 Å². The first kappa shape index (κ1) is 11.4. The number of phenols is 1. The number of rotatable bonds is 3. The molecule has 0 saturated carbocycles. The fraction of sp³-hybridized carbons (Fsp3) is 0.455. The van der Waals surface area contributed by atoms with Crippen LogP contribution in [0, 0.1) is 6.92 Å². The summed E-state index contributed by atoms with van der Waals surface area (Å²) >= 11 is 1.59. The maximum atomic E-state index is 9.83. The minimum absolute atomic E-state index is 0.317. The number of hydrogen-bond acceptors (Lipinski definition) is 3. The molecule has 78 valence electrons. The van der Waals surface area contributed by atoms with Crippen molar-refractivity contribution in [2.45, 2.75) is 31.3 Å². The molecule has 1 aromatic carbocycles. The van der Waals surface area contributed by atoms with Crippen molar-refractivity contribution in [3.63, 3.8) is 0 Å². The molecule has 2 N–H and O–H groups in total. The van der Waals surface area contributed by atoms with Crippen molar-refractivity contribution >= 4 is 11.8 Å². The fourth-order valence-electron chi connectivity index (χ4n) is 1.42. The highest BCUT2D eigenvalue weighted by molar-refractivity contribution is 7.98. The molecule has 0 heterocycles. The Morgan fingerprint density at radius 1 is 1.43 bits per heavy atom. The van der Waals surface area contributed by atoms with Gasteiger partial charge in [0, 0.05) is 16.9 Å². The normalized spacial score (nSPS) is 12.9. The second-order valence-corrected chi connectivity index (χ2v) is 4.31. The summed E-state index contributed by atoms with van der Waals surface area (Å²) in [5.41, 5.74) is 1.71. The molecule has 0 bridgehead atoms. The van der Waals surface area contributed by atoms with Gasteiger partial charge in [-0.3, -0.25) is 0 Å². The van der Waals surface area contributed by atoms with Crippen LogP contribution in [0.1, 0.15) is 18.1 Å². The minimum Gasteiger partial charge on any atom is -0.507 e. The molecule has 1 rings (SSSR count). The zero-order valence-corrected chi connectivity index (χ0v) is 9.56. The van der Waals surface area contributed by atoms with Gasteiger partial charge in [0.25, 0.3) is 0 Å². The van der Waals surface area contributed by atoms with Crippen LogP contribution in [0.15, 0.2) is 17.0 Å². The molecule has 0 aromatic heterocycles. The van der Waals surface area contributed by atoms with E-state index in [0.717, 1.165) is 16.0 Å². The molecular formula is C11H16O2S. The van der Waals surface area contributed by atoms with Crippen LogP contribution in [0.3, 0.4) is 0 Å². The number of aliphatic hydroxyl groups is 1. The van der Waals surface area contributed by atoms with Gasteiger partial charge >= 0.3 is 0 Å². The van der Waals surface area contributed by atoms with E-state index in [1.807, 2.05) is 25.3 Å². The van der Waals surface area contributed by atoms with E-state index in [-0.39, 0.29) is 0 Å². The average molecular weight is 212 g/mol. The molecule has 14 heavy (non-hydrogen) atoms. The lowest BCUT2D eigenvalue weighted by Gasteiger charge is -2.13. The molecule has 2 nitrogen and oxygen atoms in total. The van der Waals surface area contributed by atoms with Gasteiger partial charge < -0.3 is 10.2 Å². The van der Waals surface area contributed by atoms with Crippen molar-refractivity contribution < 1.29 is 10.2 Å². The zero-order chi connectivity index (χ0) is 10.7. The summed E-state index contributed by atoms with van der Waals surface area (Å²) in [7, 11) is 0. The summed E-state index contributed by atoms with van der Waals surface area (Å²) in [6.07, 6.45) is 2.05. The lowest BCUT2D eigenvalue weighted by molar-refractivity contribution is 0.193. The number of benzene rings is 1. The summed E-state index contributed by atoms with van der Waals surface area (Å²) in [5, 5.41) is 19.2. The Hall–Kier alpha value is -0.670. The van der Waals surface area contributed by atoms with Gasteiger partial charge in [0.05, 0.1) is 6.10 Å². The quantitative estimate of drug-likeness (QED) is 0.756. The van der Waals surface area contributed by atoms with Gasteiger partial charge in [-0.25, -0.2) is 0 Å². The maximum absolute atomic E-state index is 9.83. The van der Waals surface area contributed by atoms with E-state index in [4.69, 9.17) is 0 Å². The number of aryl methyl sites for hydroxylation is 1. The molecule has 0 aliphatic heterocycles. The van der Waals surface area contributed by atoms with Gasteiger partial charge in [-0.05, 0) is 31.7 Å². The lowest BCUT2D eigenvalue weighted by Crippen LogP contribution is -2.06. The van der Waals surface area contributed by atoms with Crippen LogP contribution in [-0.2, 0) is 6.42 Å². The van der Waals surface area contributed by atoms with Crippen LogP contribution in [0.4, 0.5) is 0 Å². The van der Waals surface area contributed by atoms with E-state index in [0.29, 0.717) is 12.2 Å². The molecule has 0 fully saturated rings. The van der Waals surface area contributed by atoms with Crippen molar-refractivity contribution in [2.24, 2.45) is 0 Å². The molecule has 0 aliphatic carbocycles. The molecular weight excluding hydrogens is 196 g/mol. The highest BCUT2D eigenvalue weighted by Gasteiger charge is 2.11. The standard InChI is InChI=1S/C11H16O2S/c1-7-4-5-10(14-3)9(11(7)13)6-8(2)12/h4-5,8,12-13H,6H2,1-3H3. The Bertz CT molecular complexity index is 321. The molecule has 3 heteroatoms. The lowest BCUT2D eigenvalue weighted by atomic mass is 10.0. The van der Waals surface area contributed by atoms with Crippen LogP contribution in [0.25, 0.3) is 0 Å². The third-order valence-electron chi connectivity index (χ3n) is 2.16. The Balaban J connectivity index is 3.14. The third-order valence-corrected chi connectivity index (χ3v) is 2.98. The van der Waals surface area contributed by atoms with E-state index in [9.17, 15) is 10.2 Å². The topological polar surface area (TPSA) is 40.5 Å². The van der Waals surface area contributed by atoms with Gasteiger partial charge in [-0.15, -0.1) is 11.8 Å². The number of aromatic hydroxyl groups is 1. The van der Waals surface area contributed by atoms with Crippen molar-refractivity contribution in [3.8, 4) is 5.75 Å². The predicted octanol–water partition coefficient (Wildman–Crippen LogP) is 2.35. The summed E-state index contributed by atoms with van der Waals surface area (Å²) in [6, 6.07) is 3.88. The largest absolute Gasteiger partial charge is 0.507 e. The van der Waals surface area contributed by atoms with Crippen molar-refractivity contribution in [1.82, 2.24) is 0 Å². The molecule has 0 spiro atoms. The van der Waals surface area contributed by atoms with Crippen LogP contribution >= 0.6 is 11.8 Å². The zero-order valence-electron chi connectivity index (χ0n) is 8.74. The van der Waals surface area contributed by atoms with E-state index >= 15 is 0 Å². The molecule has 0 aliphatic rings. The highest BCUT2D eigenvalue weighted by atomic mass is 32.2. The van der Waals surface area contributed by atoms with Gasteiger partial charge in [0.15, 0.2) is 0 Å². The maximum Gasteiger partial charge on any atom is 0.122 e. The Morgan fingerprint density at radius 2 is 2.07 bits per heavy atom. The molecule has 0 amide bonds. The van der Waals surface area contributed by atoms with E-state index in [2.05, 4.69) is 0 Å². The summed E-state index contributed by atoms with van der Waals surface area (Å²) in [5.74, 6) is 0.317. The summed E-state index contributed by atoms with van der Waals surface area (Å²) < 4.78 is 0. The van der Waals surface area contributed by atoms with Crippen LogP contribution < -0.4 is 0 Å². The highest BCUT2D eigenvalue weighted by Crippen LogP contribution is 2.31. The number of phenolic OH excluding ortho intramolecular Hbond substituents is 1.